The molecule has 3 aromatic rings. The summed E-state index contributed by atoms with van der Waals surface area (Å²) in [5.41, 5.74) is 5.85. The van der Waals surface area contributed by atoms with Crippen molar-refractivity contribution in [2.24, 2.45) is 0 Å². The highest BCUT2D eigenvalue weighted by molar-refractivity contribution is 6.00. The van der Waals surface area contributed by atoms with Gasteiger partial charge in [-0.3, -0.25) is 4.79 Å². The summed E-state index contributed by atoms with van der Waals surface area (Å²) in [5.74, 6) is 1.36. The second-order valence-electron chi connectivity index (χ2n) is 8.41. The molecule has 172 valence electrons. The molecule has 1 aliphatic rings. The van der Waals surface area contributed by atoms with Crippen molar-refractivity contribution >= 4 is 22.4 Å². The average Bonchev–Trinajstić information content (AvgIpc) is 3.26. The van der Waals surface area contributed by atoms with E-state index < -0.39 is 0 Å². The third-order valence-electron chi connectivity index (χ3n) is 6.18. The fourth-order valence-corrected chi connectivity index (χ4v) is 4.35. The monoisotopic (exact) mass is 445 g/mol. The topological polar surface area (TPSA) is 60.7 Å². The number of fused-ring (bicyclic) bond motifs is 1. The Morgan fingerprint density at radius 2 is 2.03 bits per heavy atom. The number of ether oxygens (including phenoxy) is 2. The van der Waals surface area contributed by atoms with Crippen molar-refractivity contribution in [1.29, 1.82) is 0 Å². The maximum absolute atomic E-state index is 12.6. The molecule has 0 radical (unpaired) electrons. The van der Waals surface area contributed by atoms with E-state index in [1.165, 1.54) is 18.4 Å². The highest BCUT2D eigenvalue weighted by atomic mass is 16.5. The van der Waals surface area contributed by atoms with Gasteiger partial charge in [0.15, 0.2) is 0 Å². The number of rotatable bonds is 8. The molecule has 1 heterocycles. The Balaban J connectivity index is 1.57. The number of allylic oxidation sites excluding steroid dienone is 2. The summed E-state index contributed by atoms with van der Waals surface area (Å²) in [6.45, 7) is 2.59. The summed E-state index contributed by atoms with van der Waals surface area (Å²) in [6, 6.07) is 11.8. The predicted molar refractivity (Wildman–Crippen MR) is 133 cm³/mol. The van der Waals surface area contributed by atoms with Crippen LogP contribution >= 0.6 is 0 Å². The quantitative estimate of drug-likeness (QED) is 0.316. The summed E-state index contributed by atoms with van der Waals surface area (Å²) in [5, 5.41) is 3.98. The van der Waals surface area contributed by atoms with Gasteiger partial charge in [0.2, 0.25) is 5.91 Å². The van der Waals surface area contributed by atoms with Crippen LogP contribution in [-0.2, 0) is 4.79 Å². The van der Waals surface area contributed by atoms with Crippen molar-refractivity contribution in [3.8, 4) is 22.6 Å². The molecule has 0 aliphatic heterocycles. The van der Waals surface area contributed by atoms with E-state index in [2.05, 4.69) is 11.4 Å². The molecule has 2 aromatic carbocycles. The zero-order valence-corrected chi connectivity index (χ0v) is 19.6. The van der Waals surface area contributed by atoms with Crippen molar-refractivity contribution in [3.63, 3.8) is 0 Å². The largest absolute Gasteiger partial charge is 0.497 e. The second-order valence-corrected chi connectivity index (χ2v) is 8.41. The molecule has 1 aliphatic carbocycles. The van der Waals surface area contributed by atoms with Crippen LogP contribution in [0.2, 0.25) is 0 Å². The van der Waals surface area contributed by atoms with Gasteiger partial charge in [-0.15, -0.1) is 0 Å². The number of methoxy groups -OCH3 is 2. The van der Waals surface area contributed by atoms with Crippen LogP contribution in [0.3, 0.4) is 0 Å². The molecule has 0 atom stereocenters. The zero-order valence-electron chi connectivity index (χ0n) is 19.6. The van der Waals surface area contributed by atoms with Gasteiger partial charge < -0.3 is 19.2 Å². The normalized spacial score (nSPS) is 14.2. The summed E-state index contributed by atoms with van der Waals surface area (Å²) >= 11 is 0. The number of nitrogens with one attached hydrogen (secondary N) is 1. The maximum atomic E-state index is 12.6. The van der Waals surface area contributed by atoms with Gasteiger partial charge in [-0.25, -0.2) is 0 Å². The number of carbonyl (C=O) groups excluding carboxylic acids is 1. The van der Waals surface area contributed by atoms with E-state index in [1.54, 1.807) is 26.6 Å². The molecular weight excluding hydrogens is 414 g/mol. The molecule has 0 saturated heterocycles. The lowest BCUT2D eigenvalue weighted by atomic mass is 9.97. The Labute approximate surface area is 195 Å². The van der Waals surface area contributed by atoms with Gasteiger partial charge in [0.05, 0.1) is 20.5 Å². The van der Waals surface area contributed by atoms with E-state index in [0.29, 0.717) is 12.3 Å². The predicted octanol–water partition coefficient (Wildman–Crippen LogP) is 6.53. The molecule has 5 heteroatoms. The summed E-state index contributed by atoms with van der Waals surface area (Å²) in [4.78, 5) is 12.6. The molecule has 1 aromatic heterocycles. The lowest BCUT2D eigenvalue weighted by Gasteiger charge is -2.13. The van der Waals surface area contributed by atoms with Crippen molar-refractivity contribution in [2.45, 2.75) is 39.0 Å². The summed E-state index contributed by atoms with van der Waals surface area (Å²) in [7, 11) is 3.28. The average molecular weight is 446 g/mol. The van der Waals surface area contributed by atoms with Gasteiger partial charge in [0, 0.05) is 35.2 Å². The van der Waals surface area contributed by atoms with Gasteiger partial charge in [-0.05, 0) is 68.4 Å². The molecule has 0 spiro atoms. The minimum atomic E-state index is -0.0914. The lowest BCUT2D eigenvalue weighted by Crippen LogP contribution is -2.23. The van der Waals surface area contributed by atoms with Crippen molar-refractivity contribution in [1.82, 2.24) is 5.32 Å². The first kappa shape index (κ1) is 22.7. The molecule has 0 fully saturated rings. The molecule has 0 bridgehead atoms. The van der Waals surface area contributed by atoms with E-state index in [1.807, 2.05) is 43.3 Å². The van der Waals surface area contributed by atoms with Crippen LogP contribution in [0.25, 0.3) is 27.7 Å². The smallest absolute Gasteiger partial charge is 0.244 e. The first-order valence-corrected chi connectivity index (χ1v) is 11.5. The number of amides is 1. The Morgan fingerprint density at radius 1 is 1.15 bits per heavy atom. The highest BCUT2D eigenvalue weighted by Gasteiger charge is 2.15. The van der Waals surface area contributed by atoms with E-state index >= 15 is 0 Å². The molecule has 0 saturated carbocycles. The minimum absolute atomic E-state index is 0.0914. The first-order valence-electron chi connectivity index (χ1n) is 11.5. The first-order chi connectivity index (χ1) is 16.1. The second kappa shape index (κ2) is 10.4. The van der Waals surface area contributed by atoms with E-state index in [0.717, 1.165) is 58.2 Å². The van der Waals surface area contributed by atoms with Crippen molar-refractivity contribution in [3.05, 3.63) is 65.9 Å². The lowest BCUT2D eigenvalue weighted by molar-refractivity contribution is -0.116. The third-order valence-corrected chi connectivity index (χ3v) is 6.18. The Hall–Kier alpha value is -3.47. The van der Waals surface area contributed by atoms with Gasteiger partial charge >= 0.3 is 0 Å². The fraction of sp³-hybridized carbons (Fsp3) is 0.321. The Bertz CT molecular complexity index is 1200. The summed E-state index contributed by atoms with van der Waals surface area (Å²) < 4.78 is 16.8. The Kier molecular flexibility index (Phi) is 7.18. The van der Waals surface area contributed by atoms with Gasteiger partial charge in [-0.2, -0.15) is 0 Å². The van der Waals surface area contributed by atoms with Crippen LogP contribution < -0.4 is 14.8 Å². The molecule has 4 rings (SSSR count). The van der Waals surface area contributed by atoms with E-state index in [-0.39, 0.29) is 5.91 Å². The SMILES string of the molecule is COc1cccc(-c2coc3cc(OC)c(/C(C)=C/C(=O)NCCC4=CCCCC4)cc23)c1. The number of hydrogen-bond acceptors (Lipinski definition) is 4. The van der Waals surface area contributed by atoms with Crippen LogP contribution in [0.5, 0.6) is 11.5 Å². The van der Waals surface area contributed by atoms with Crippen LogP contribution in [-0.4, -0.2) is 26.7 Å². The minimum Gasteiger partial charge on any atom is -0.497 e. The number of hydrogen-bond donors (Lipinski definition) is 1. The van der Waals surface area contributed by atoms with Crippen LogP contribution in [0.1, 0.15) is 44.6 Å². The van der Waals surface area contributed by atoms with Crippen molar-refractivity contribution in [2.75, 3.05) is 20.8 Å². The van der Waals surface area contributed by atoms with Crippen LogP contribution in [0.4, 0.5) is 0 Å². The molecule has 5 nitrogen and oxygen atoms in total. The fourth-order valence-electron chi connectivity index (χ4n) is 4.35. The highest BCUT2D eigenvalue weighted by Crippen LogP contribution is 2.38. The Morgan fingerprint density at radius 3 is 2.79 bits per heavy atom. The van der Waals surface area contributed by atoms with Gasteiger partial charge in [0.1, 0.15) is 17.1 Å². The van der Waals surface area contributed by atoms with Crippen LogP contribution in [0.15, 0.2) is 64.8 Å². The molecular formula is C28H31NO4. The van der Waals surface area contributed by atoms with E-state index in [4.69, 9.17) is 13.9 Å². The molecule has 1 amide bonds. The van der Waals surface area contributed by atoms with Gasteiger partial charge in [-0.1, -0.05) is 23.8 Å². The number of furan rings is 1. The third kappa shape index (κ3) is 5.30. The summed E-state index contributed by atoms with van der Waals surface area (Å²) in [6.07, 6.45) is 11.5. The van der Waals surface area contributed by atoms with E-state index in [9.17, 15) is 4.79 Å². The van der Waals surface area contributed by atoms with Crippen LogP contribution in [0, 0.1) is 0 Å². The molecule has 1 N–H and O–H groups in total. The zero-order chi connectivity index (χ0) is 23.2. The maximum Gasteiger partial charge on any atom is 0.244 e. The number of benzene rings is 2. The molecule has 0 unspecified atom stereocenters. The van der Waals surface area contributed by atoms with Gasteiger partial charge in [0.25, 0.3) is 0 Å². The molecule has 33 heavy (non-hydrogen) atoms. The van der Waals surface area contributed by atoms with Crippen molar-refractivity contribution < 1.29 is 18.7 Å². The standard InChI is InChI=1S/C28H31NO4/c1-19(14-28(30)29-13-12-20-8-5-4-6-9-20)23-16-24-25(18-33-27(24)17-26(23)32-3)21-10-7-11-22(15-21)31-2/h7-8,10-11,14-18H,4-6,9,12-13H2,1-3H3,(H,29,30)/b19-14+. The number of carbonyl (C=O) groups is 1.